The predicted molar refractivity (Wildman–Crippen MR) is 80.1 cm³/mol. The number of ether oxygens (including phenoxy) is 1. The third kappa shape index (κ3) is 4.83. The lowest BCUT2D eigenvalue weighted by atomic mass is 10.2. The van der Waals surface area contributed by atoms with Gasteiger partial charge < -0.3 is 4.74 Å². The van der Waals surface area contributed by atoms with Gasteiger partial charge in [-0.05, 0) is 30.2 Å². The zero-order valence-electron chi connectivity index (χ0n) is 12.1. The number of nitrogens with one attached hydrogen (secondary N) is 1. The van der Waals surface area contributed by atoms with Crippen molar-refractivity contribution in [1.29, 1.82) is 0 Å². The maximum Gasteiger partial charge on any atom is 0.573 e. The van der Waals surface area contributed by atoms with Gasteiger partial charge in [-0.2, -0.15) is 0 Å². The average Bonchev–Trinajstić information content (AvgIpc) is 2.85. The third-order valence-electron chi connectivity index (χ3n) is 2.70. The van der Waals surface area contributed by atoms with E-state index in [0.29, 0.717) is 0 Å². The summed E-state index contributed by atoms with van der Waals surface area (Å²) < 4.78 is 66.5. The summed E-state index contributed by atoms with van der Waals surface area (Å²) in [6.07, 6.45) is -4.83. The van der Waals surface area contributed by atoms with Gasteiger partial charge in [-0.15, -0.1) is 24.5 Å². The quantitative estimate of drug-likeness (QED) is 0.870. The van der Waals surface area contributed by atoms with Gasteiger partial charge in [0.15, 0.2) is 5.13 Å². The summed E-state index contributed by atoms with van der Waals surface area (Å²) in [6.45, 7) is 3.85. The molecule has 0 aliphatic carbocycles. The Kier molecular flexibility index (Phi) is 4.85. The van der Waals surface area contributed by atoms with Crippen molar-refractivity contribution in [2.75, 3.05) is 4.72 Å². The highest BCUT2D eigenvalue weighted by molar-refractivity contribution is 7.93. The number of anilines is 1. The molecular weight excluding hydrogens is 353 g/mol. The number of sulfonamides is 1. The molecular formula is C13H13F3N2O3S2. The highest BCUT2D eigenvalue weighted by Crippen LogP contribution is 2.26. The Bertz CT molecular complexity index is 769. The second-order valence-corrected chi connectivity index (χ2v) is 7.40. The number of hydrogen-bond donors (Lipinski definition) is 1. The van der Waals surface area contributed by atoms with E-state index in [0.717, 1.165) is 41.3 Å². The number of alkyl halides is 3. The fourth-order valence-corrected chi connectivity index (χ4v) is 3.72. The van der Waals surface area contributed by atoms with Gasteiger partial charge in [-0.25, -0.2) is 13.4 Å². The Labute approximate surface area is 135 Å². The van der Waals surface area contributed by atoms with Crippen LogP contribution in [0.25, 0.3) is 0 Å². The zero-order chi connectivity index (χ0) is 17.3. The topological polar surface area (TPSA) is 68.3 Å². The molecule has 23 heavy (non-hydrogen) atoms. The normalized spacial score (nSPS) is 12.4. The SMILES string of the molecule is CC(C)c1csc(NS(=O)(=O)c2ccc(OC(F)(F)F)cc2)n1. The van der Waals surface area contributed by atoms with E-state index in [2.05, 4.69) is 14.4 Å². The van der Waals surface area contributed by atoms with Gasteiger partial charge >= 0.3 is 6.36 Å². The highest BCUT2D eigenvalue weighted by Gasteiger charge is 2.31. The lowest BCUT2D eigenvalue weighted by molar-refractivity contribution is -0.274. The van der Waals surface area contributed by atoms with Crippen molar-refractivity contribution in [2.45, 2.75) is 31.0 Å². The summed E-state index contributed by atoms with van der Waals surface area (Å²) in [5.41, 5.74) is 0.752. The molecule has 5 nitrogen and oxygen atoms in total. The van der Waals surface area contributed by atoms with Crippen LogP contribution in [0, 0.1) is 0 Å². The van der Waals surface area contributed by atoms with Gasteiger partial charge in [0.2, 0.25) is 0 Å². The van der Waals surface area contributed by atoms with Crippen molar-refractivity contribution in [3.63, 3.8) is 0 Å². The van der Waals surface area contributed by atoms with E-state index in [4.69, 9.17) is 0 Å². The third-order valence-corrected chi connectivity index (χ3v) is 4.96. The minimum atomic E-state index is -4.83. The molecule has 0 amide bonds. The molecule has 0 aliphatic heterocycles. The molecule has 0 atom stereocenters. The van der Waals surface area contributed by atoms with Crippen LogP contribution in [0.5, 0.6) is 5.75 Å². The number of thiazole rings is 1. The van der Waals surface area contributed by atoms with Gasteiger partial charge in [0.05, 0.1) is 10.6 Å². The minimum absolute atomic E-state index is 0.156. The Balaban J connectivity index is 2.15. The van der Waals surface area contributed by atoms with Gasteiger partial charge in [0.1, 0.15) is 5.75 Å². The Hall–Kier alpha value is -1.81. The molecule has 0 unspecified atom stereocenters. The van der Waals surface area contributed by atoms with Crippen LogP contribution in [-0.4, -0.2) is 19.8 Å². The van der Waals surface area contributed by atoms with Gasteiger partial charge in [0, 0.05) is 5.38 Å². The molecule has 10 heteroatoms. The summed E-state index contributed by atoms with van der Waals surface area (Å²) in [5.74, 6) is -0.337. The molecule has 0 aliphatic rings. The minimum Gasteiger partial charge on any atom is -0.406 e. The van der Waals surface area contributed by atoms with Crippen molar-refractivity contribution in [3.8, 4) is 5.75 Å². The van der Waals surface area contributed by atoms with Crippen LogP contribution in [0.3, 0.4) is 0 Å². The first-order valence-electron chi connectivity index (χ1n) is 6.41. The molecule has 0 saturated heterocycles. The van der Waals surface area contributed by atoms with Gasteiger partial charge in [0.25, 0.3) is 10.0 Å². The first-order valence-corrected chi connectivity index (χ1v) is 8.77. The maximum atomic E-state index is 12.2. The zero-order valence-corrected chi connectivity index (χ0v) is 13.7. The van der Waals surface area contributed by atoms with Gasteiger partial charge in [-0.3, -0.25) is 4.72 Å². The van der Waals surface area contributed by atoms with Crippen LogP contribution in [0.2, 0.25) is 0 Å². The van der Waals surface area contributed by atoms with Crippen LogP contribution < -0.4 is 9.46 Å². The van der Waals surface area contributed by atoms with Crippen molar-refractivity contribution < 1.29 is 26.3 Å². The fourth-order valence-electron chi connectivity index (χ4n) is 1.59. The first-order chi connectivity index (χ1) is 10.6. The van der Waals surface area contributed by atoms with Crippen molar-refractivity contribution in [2.24, 2.45) is 0 Å². The Morgan fingerprint density at radius 1 is 1.22 bits per heavy atom. The summed E-state index contributed by atoms with van der Waals surface area (Å²) in [7, 11) is -3.93. The summed E-state index contributed by atoms with van der Waals surface area (Å²) >= 11 is 1.14. The molecule has 1 heterocycles. The van der Waals surface area contributed by atoms with Gasteiger partial charge in [-0.1, -0.05) is 13.8 Å². The number of halogens is 3. The van der Waals surface area contributed by atoms with Crippen LogP contribution >= 0.6 is 11.3 Å². The summed E-state index contributed by atoms with van der Waals surface area (Å²) in [6, 6.07) is 3.92. The second kappa shape index (κ2) is 6.36. The van der Waals surface area contributed by atoms with E-state index in [9.17, 15) is 21.6 Å². The Morgan fingerprint density at radius 3 is 2.30 bits per heavy atom. The molecule has 2 aromatic rings. The molecule has 1 aromatic carbocycles. The smallest absolute Gasteiger partial charge is 0.406 e. The number of benzene rings is 1. The highest BCUT2D eigenvalue weighted by atomic mass is 32.2. The maximum absolute atomic E-state index is 12.2. The van der Waals surface area contributed by atoms with E-state index in [1.165, 1.54) is 0 Å². The van der Waals surface area contributed by atoms with Crippen LogP contribution in [0.4, 0.5) is 18.3 Å². The van der Waals surface area contributed by atoms with Crippen LogP contribution in [0.15, 0.2) is 34.5 Å². The molecule has 2 rings (SSSR count). The van der Waals surface area contributed by atoms with E-state index < -0.39 is 22.1 Å². The molecule has 0 fully saturated rings. The fraction of sp³-hybridized carbons (Fsp3) is 0.308. The van der Waals surface area contributed by atoms with E-state index in [-0.39, 0.29) is 15.9 Å². The molecule has 0 spiro atoms. The molecule has 1 aromatic heterocycles. The van der Waals surface area contributed by atoms with E-state index >= 15 is 0 Å². The number of hydrogen-bond acceptors (Lipinski definition) is 5. The number of nitrogens with zero attached hydrogens (tertiary/aromatic N) is 1. The van der Waals surface area contributed by atoms with Crippen LogP contribution in [-0.2, 0) is 10.0 Å². The monoisotopic (exact) mass is 366 g/mol. The van der Waals surface area contributed by atoms with E-state index in [1.54, 1.807) is 5.38 Å². The molecule has 0 bridgehead atoms. The standard InChI is InChI=1S/C13H13F3N2O3S2/c1-8(2)11-7-22-12(17-11)18-23(19,20)10-5-3-9(4-6-10)21-13(14,15)16/h3-8H,1-2H3,(H,17,18). The lowest BCUT2D eigenvalue weighted by Gasteiger charge is -2.09. The van der Waals surface area contributed by atoms with Crippen molar-refractivity contribution >= 4 is 26.5 Å². The molecule has 1 N–H and O–H groups in total. The lowest BCUT2D eigenvalue weighted by Crippen LogP contribution is -2.17. The molecule has 126 valence electrons. The predicted octanol–water partition coefficient (Wildman–Crippen LogP) is 3.97. The first kappa shape index (κ1) is 17.5. The van der Waals surface area contributed by atoms with Crippen LogP contribution in [0.1, 0.15) is 25.5 Å². The van der Waals surface area contributed by atoms with E-state index in [1.807, 2.05) is 13.8 Å². The number of rotatable bonds is 5. The molecule has 0 saturated carbocycles. The molecule has 0 radical (unpaired) electrons. The largest absolute Gasteiger partial charge is 0.573 e. The summed E-state index contributed by atoms with van der Waals surface area (Å²) in [4.78, 5) is 3.95. The van der Waals surface area contributed by atoms with Crippen molar-refractivity contribution in [1.82, 2.24) is 4.98 Å². The van der Waals surface area contributed by atoms with Crippen molar-refractivity contribution in [3.05, 3.63) is 35.3 Å². The Morgan fingerprint density at radius 2 is 1.83 bits per heavy atom. The summed E-state index contributed by atoms with van der Waals surface area (Å²) in [5, 5.41) is 1.94. The second-order valence-electron chi connectivity index (χ2n) is 4.86. The number of aromatic nitrogens is 1. The average molecular weight is 366 g/mol.